The molecule has 2 atom stereocenters. The lowest BCUT2D eigenvalue weighted by molar-refractivity contribution is 0.257. The zero-order valence-electron chi connectivity index (χ0n) is 11.6. The van der Waals surface area contributed by atoms with E-state index >= 15 is 0 Å². The zero-order valence-corrected chi connectivity index (χ0v) is 14.0. The number of nitrogens with two attached hydrogens (primary N) is 1. The Hall–Kier alpha value is -0.590. The molecule has 2 unspecified atom stereocenters. The van der Waals surface area contributed by atoms with E-state index in [1.807, 2.05) is 0 Å². The van der Waals surface area contributed by atoms with Gasteiger partial charge < -0.3 is 5.73 Å². The molecule has 1 aliphatic carbocycles. The maximum absolute atomic E-state index is 12.3. The molecule has 2 rings (SSSR count). The van der Waals surface area contributed by atoms with Crippen LogP contribution >= 0.6 is 15.9 Å². The molecule has 0 heterocycles. The van der Waals surface area contributed by atoms with Crippen molar-refractivity contribution in [3.63, 3.8) is 0 Å². The fourth-order valence-electron chi connectivity index (χ4n) is 2.73. The van der Waals surface area contributed by atoms with Crippen molar-refractivity contribution in [1.82, 2.24) is 4.72 Å². The van der Waals surface area contributed by atoms with Gasteiger partial charge >= 0.3 is 0 Å². The van der Waals surface area contributed by atoms with Crippen molar-refractivity contribution in [3.8, 4) is 0 Å². The van der Waals surface area contributed by atoms with Crippen LogP contribution in [0.1, 0.15) is 32.6 Å². The molecule has 0 radical (unpaired) electrons. The molecular weight excluding hydrogens is 340 g/mol. The molecule has 1 fully saturated rings. The molecule has 20 heavy (non-hydrogen) atoms. The van der Waals surface area contributed by atoms with E-state index in [-0.39, 0.29) is 10.6 Å². The van der Waals surface area contributed by atoms with Crippen LogP contribution in [0, 0.1) is 11.8 Å². The molecule has 0 aromatic heterocycles. The molecular formula is C14H21BrN2O2S. The van der Waals surface area contributed by atoms with Crippen molar-refractivity contribution in [2.45, 2.75) is 37.5 Å². The van der Waals surface area contributed by atoms with Crippen LogP contribution in [-0.2, 0) is 10.0 Å². The number of hydrogen-bond donors (Lipinski definition) is 2. The third-order valence-corrected chi connectivity index (χ3v) is 6.06. The molecule has 0 amide bonds. The molecule has 112 valence electrons. The lowest BCUT2D eigenvalue weighted by Crippen LogP contribution is -2.33. The Labute approximate surface area is 129 Å². The smallest absolute Gasteiger partial charge is 0.242 e. The highest BCUT2D eigenvalue weighted by Crippen LogP contribution is 2.29. The van der Waals surface area contributed by atoms with Gasteiger partial charge in [0.05, 0.1) is 5.69 Å². The molecule has 1 aliphatic rings. The second kappa shape index (κ2) is 6.45. The van der Waals surface area contributed by atoms with E-state index in [4.69, 9.17) is 5.73 Å². The molecule has 1 saturated carbocycles. The van der Waals surface area contributed by atoms with Crippen LogP contribution in [0.5, 0.6) is 0 Å². The minimum atomic E-state index is -3.54. The summed E-state index contributed by atoms with van der Waals surface area (Å²) in [6.45, 7) is 2.70. The van der Waals surface area contributed by atoms with E-state index in [1.54, 1.807) is 18.2 Å². The van der Waals surface area contributed by atoms with Crippen molar-refractivity contribution in [1.29, 1.82) is 0 Å². The van der Waals surface area contributed by atoms with E-state index in [9.17, 15) is 8.42 Å². The Kier molecular flexibility index (Phi) is 5.09. The summed E-state index contributed by atoms with van der Waals surface area (Å²) in [5, 5.41) is 0. The summed E-state index contributed by atoms with van der Waals surface area (Å²) in [5.74, 6) is 0.998. The average molecular weight is 361 g/mol. The molecule has 1 aromatic carbocycles. The molecule has 1 aromatic rings. The summed E-state index contributed by atoms with van der Waals surface area (Å²) in [6, 6.07) is 4.88. The molecule has 0 saturated heterocycles. The van der Waals surface area contributed by atoms with Crippen LogP contribution in [-0.4, -0.2) is 15.0 Å². The lowest BCUT2D eigenvalue weighted by atomic mass is 9.81. The highest BCUT2D eigenvalue weighted by molar-refractivity contribution is 9.10. The highest BCUT2D eigenvalue weighted by Gasteiger charge is 2.24. The Morgan fingerprint density at radius 1 is 1.35 bits per heavy atom. The SMILES string of the molecule is CC1CCCCC1CNS(=O)(=O)c1cc(Br)ccc1N. The molecule has 6 heteroatoms. The second-order valence-corrected chi connectivity index (χ2v) is 8.21. The predicted molar refractivity (Wildman–Crippen MR) is 84.9 cm³/mol. The first-order valence-corrected chi connectivity index (χ1v) is 9.22. The van der Waals surface area contributed by atoms with Crippen LogP contribution in [0.3, 0.4) is 0 Å². The first-order chi connectivity index (χ1) is 9.40. The van der Waals surface area contributed by atoms with Crippen molar-refractivity contribution < 1.29 is 8.42 Å². The summed E-state index contributed by atoms with van der Waals surface area (Å²) in [5.41, 5.74) is 6.05. The van der Waals surface area contributed by atoms with Gasteiger partial charge in [-0.3, -0.25) is 0 Å². The van der Waals surface area contributed by atoms with Gasteiger partial charge in [0.1, 0.15) is 4.90 Å². The number of nitrogen functional groups attached to an aromatic ring is 1. The molecule has 3 N–H and O–H groups in total. The van der Waals surface area contributed by atoms with Gasteiger partial charge in [0.25, 0.3) is 0 Å². The van der Waals surface area contributed by atoms with Crippen LogP contribution in [0.4, 0.5) is 5.69 Å². The standard InChI is InChI=1S/C14H21BrN2O2S/c1-10-4-2-3-5-11(10)9-17-20(18,19)14-8-12(15)6-7-13(14)16/h6-8,10-11,17H,2-5,9,16H2,1H3. The monoisotopic (exact) mass is 360 g/mol. The fraction of sp³-hybridized carbons (Fsp3) is 0.571. The number of nitrogens with one attached hydrogen (secondary N) is 1. The van der Waals surface area contributed by atoms with Gasteiger partial charge in [-0.05, 0) is 36.5 Å². The first kappa shape index (κ1) is 15.8. The second-order valence-electron chi connectivity index (χ2n) is 5.56. The maximum Gasteiger partial charge on any atom is 0.242 e. The van der Waals surface area contributed by atoms with Crippen molar-refractivity contribution in [2.24, 2.45) is 11.8 Å². The minimum absolute atomic E-state index is 0.148. The molecule has 0 bridgehead atoms. The minimum Gasteiger partial charge on any atom is -0.398 e. The Bertz CT molecular complexity index is 575. The summed E-state index contributed by atoms with van der Waals surface area (Å²) in [6.07, 6.45) is 4.72. The molecule has 0 spiro atoms. The quantitative estimate of drug-likeness (QED) is 0.810. The van der Waals surface area contributed by atoms with Gasteiger partial charge in [-0.15, -0.1) is 0 Å². The van der Waals surface area contributed by atoms with Gasteiger partial charge in [0.2, 0.25) is 10.0 Å². The topological polar surface area (TPSA) is 72.2 Å². The van der Waals surface area contributed by atoms with E-state index in [0.717, 1.165) is 6.42 Å². The van der Waals surface area contributed by atoms with Gasteiger partial charge in [-0.25, -0.2) is 13.1 Å². The first-order valence-electron chi connectivity index (χ1n) is 6.95. The Balaban J connectivity index is 2.09. The number of benzene rings is 1. The van der Waals surface area contributed by atoms with Gasteiger partial charge in [-0.2, -0.15) is 0 Å². The van der Waals surface area contributed by atoms with E-state index in [0.29, 0.717) is 22.9 Å². The Morgan fingerprint density at radius 3 is 2.75 bits per heavy atom. The lowest BCUT2D eigenvalue weighted by Gasteiger charge is -2.28. The van der Waals surface area contributed by atoms with Crippen molar-refractivity contribution >= 4 is 31.6 Å². The molecule has 0 aliphatic heterocycles. The molecule has 4 nitrogen and oxygen atoms in total. The van der Waals surface area contributed by atoms with E-state index < -0.39 is 10.0 Å². The summed E-state index contributed by atoms with van der Waals surface area (Å²) < 4.78 is 28.1. The number of sulfonamides is 1. The summed E-state index contributed by atoms with van der Waals surface area (Å²) in [4.78, 5) is 0.148. The van der Waals surface area contributed by atoms with Crippen LogP contribution in [0.2, 0.25) is 0 Å². The summed E-state index contributed by atoms with van der Waals surface area (Å²) in [7, 11) is -3.54. The third-order valence-electron chi connectivity index (χ3n) is 4.09. The summed E-state index contributed by atoms with van der Waals surface area (Å²) >= 11 is 3.28. The Morgan fingerprint density at radius 2 is 2.05 bits per heavy atom. The highest BCUT2D eigenvalue weighted by atomic mass is 79.9. The number of hydrogen-bond acceptors (Lipinski definition) is 3. The van der Waals surface area contributed by atoms with Crippen LogP contribution in [0.15, 0.2) is 27.6 Å². The normalized spacial score (nSPS) is 23.7. The van der Waals surface area contributed by atoms with Gasteiger partial charge in [0.15, 0.2) is 0 Å². The predicted octanol–water partition coefficient (Wildman–Crippen LogP) is 3.14. The number of rotatable bonds is 4. The maximum atomic E-state index is 12.3. The largest absolute Gasteiger partial charge is 0.398 e. The van der Waals surface area contributed by atoms with Crippen LogP contribution < -0.4 is 10.5 Å². The van der Waals surface area contributed by atoms with Gasteiger partial charge in [0, 0.05) is 11.0 Å². The van der Waals surface area contributed by atoms with Crippen molar-refractivity contribution in [2.75, 3.05) is 12.3 Å². The van der Waals surface area contributed by atoms with Crippen LogP contribution in [0.25, 0.3) is 0 Å². The van der Waals surface area contributed by atoms with E-state index in [1.165, 1.54) is 19.3 Å². The average Bonchev–Trinajstić information content (AvgIpc) is 2.40. The van der Waals surface area contributed by atoms with Crippen molar-refractivity contribution in [3.05, 3.63) is 22.7 Å². The number of halogens is 1. The van der Waals surface area contributed by atoms with E-state index in [2.05, 4.69) is 27.6 Å². The number of anilines is 1. The van der Waals surface area contributed by atoms with Gasteiger partial charge in [-0.1, -0.05) is 42.1 Å². The zero-order chi connectivity index (χ0) is 14.8. The third kappa shape index (κ3) is 3.74. The fourth-order valence-corrected chi connectivity index (χ4v) is 4.49.